The van der Waals surface area contributed by atoms with Gasteiger partial charge in [-0.2, -0.15) is 0 Å². The van der Waals surface area contributed by atoms with Crippen LogP contribution in [-0.2, 0) is 6.54 Å². The van der Waals surface area contributed by atoms with Gasteiger partial charge in [-0.25, -0.2) is 9.97 Å². The lowest BCUT2D eigenvalue weighted by atomic mass is 9.87. The van der Waals surface area contributed by atoms with Gasteiger partial charge in [0.05, 0.1) is 0 Å². The molecule has 1 aliphatic heterocycles. The Balaban J connectivity index is 1.87. The first-order valence-electron chi connectivity index (χ1n) is 7.85. The summed E-state index contributed by atoms with van der Waals surface area (Å²) in [6.45, 7) is 12.0. The van der Waals surface area contributed by atoms with E-state index < -0.39 is 0 Å². The topological polar surface area (TPSA) is 41.1 Å². The maximum Gasteiger partial charge on any atom is 0.225 e. The smallest absolute Gasteiger partial charge is 0.225 e. The van der Waals surface area contributed by atoms with Gasteiger partial charge in [0.15, 0.2) is 0 Å². The number of rotatable bonds is 5. The van der Waals surface area contributed by atoms with E-state index in [0.29, 0.717) is 6.04 Å². The predicted octanol–water partition coefficient (Wildman–Crippen LogP) is 2.85. The van der Waals surface area contributed by atoms with Crippen molar-refractivity contribution in [1.29, 1.82) is 0 Å². The first-order valence-corrected chi connectivity index (χ1v) is 7.85. The van der Waals surface area contributed by atoms with Crippen molar-refractivity contribution >= 4 is 5.95 Å². The molecule has 4 nitrogen and oxygen atoms in total. The summed E-state index contributed by atoms with van der Waals surface area (Å²) in [6.07, 6.45) is 6.42. The minimum atomic E-state index is 0.490. The normalized spacial score (nSPS) is 17.2. The number of aromatic nitrogens is 2. The second kappa shape index (κ2) is 7.02. The van der Waals surface area contributed by atoms with E-state index in [0.717, 1.165) is 43.0 Å². The number of hydrogen-bond acceptors (Lipinski definition) is 4. The molecule has 2 rings (SSSR count). The van der Waals surface area contributed by atoms with Gasteiger partial charge in [-0.05, 0) is 24.7 Å². The van der Waals surface area contributed by atoms with Crippen molar-refractivity contribution in [1.82, 2.24) is 15.3 Å². The molecular weight excluding hydrogens is 248 g/mol. The highest BCUT2D eigenvalue weighted by Gasteiger charge is 2.22. The maximum absolute atomic E-state index is 4.53. The van der Waals surface area contributed by atoms with E-state index in [1.165, 1.54) is 12.8 Å². The van der Waals surface area contributed by atoms with Crippen molar-refractivity contribution in [3.05, 3.63) is 18.0 Å². The summed E-state index contributed by atoms with van der Waals surface area (Å²) in [5, 5.41) is 3.39. The van der Waals surface area contributed by atoms with Crippen LogP contribution in [0.2, 0.25) is 0 Å². The fraction of sp³-hybridized carbons (Fsp3) is 0.750. The second-order valence-corrected chi connectivity index (χ2v) is 6.50. The Bertz CT molecular complexity index is 391. The molecule has 20 heavy (non-hydrogen) atoms. The molecule has 112 valence electrons. The number of piperidine rings is 1. The van der Waals surface area contributed by atoms with E-state index in [1.54, 1.807) is 0 Å². The molecule has 1 aromatic rings. The predicted molar refractivity (Wildman–Crippen MR) is 83.8 cm³/mol. The molecule has 2 heterocycles. The van der Waals surface area contributed by atoms with Crippen LogP contribution in [0.3, 0.4) is 0 Å². The van der Waals surface area contributed by atoms with E-state index >= 15 is 0 Å². The first-order chi connectivity index (χ1) is 9.56. The van der Waals surface area contributed by atoms with E-state index in [1.807, 2.05) is 12.4 Å². The van der Waals surface area contributed by atoms with E-state index in [-0.39, 0.29) is 0 Å². The molecule has 1 saturated heterocycles. The van der Waals surface area contributed by atoms with Crippen LogP contribution in [0.15, 0.2) is 12.4 Å². The van der Waals surface area contributed by atoms with Gasteiger partial charge in [0, 0.05) is 43.6 Å². The van der Waals surface area contributed by atoms with Crippen LogP contribution in [0.5, 0.6) is 0 Å². The lowest BCUT2D eigenvalue weighted by Crippen LogP contribution is -2.36. The largest absolute Gasteiger partial charge is 0.341 e. The molecule has 4 heteroatoms. The number of nitrogens with zero attached hydrogens (tertiary/aromatic N) is 3. The standard InChI is InChI=1S/C16H28N4/c1-12(2)15-5-7-20(8-6-15)16-18-10-14(11-19-16)9-17-13(3)4/h10-13,15,17H,5-9H2,1-4H3. The van der Waals surface area contributed by atoms with Crippen molar-refractivity contribution < 1.29 is 0 Å². The summed E-state index contributed by atoms with van der Waals surface area (Å²) in [7, 11) is 0. The van der Waals surface area contributed by atoms with Crippen LogP contribution in [0.1, 0.15) is 46.1 Å². The van der Waals surface area contributed by atoms with Crippen molar-refractivity contribution in [3.63, 3.8) is 0 Å². The molecule has 1 N–H and O–H groups in total. The third-order valence-electron chi connectivity index (χ3n) is 4.17. The zero-order valence-electron chi connectivity index (χ0n) is 13.3. The molecule has 0 spiro atoms. The Kier molecular flexibility index (Phi) is 5.35. The van der Waals surface area contributed by atoms with E-state index in [4.69, 9.17) is 0 Å². The van der Waals surface area contributed by atoms with Gasteiger partial charge in [0.25, 0.3) is 0 Å². The summed E-state index contributed by atoms with van der Waals surface area (Å²) in [5.41, 5.74) is 1.15. The van der Waals surface area contributed by atoms with Crippen molar-refractivity contribution in [2.24, 2.45) is 11.8 Å². The molecule has 1 fully saturated rings. The zero-order valence-corrected chi connectivity index (χ0v) is 13.3. The lowest BCUT2D eigenvalue weighted by Gasteiger charge is -2.33. The van der Waals surface area contributed by atoms with Crippen molar-refractivity contribution in [2.75, 3.05) is 18.0 Å². The Hall–Kier alpha value is -1.16. The molecule has 0 saturated carbocycles. The van der Waals surface area contributed by atoms with Gasteiger partial charge in [0.1, 0.15) is 0 Å². The van der Waals surface area contributed by atoms with Crippen LogP contribution in [-0.4, -0.2) is 29.1 Å². The molecule has 0 bridgehead atoms. The minimum Gasteiger partial charge on any atom is -0.341 e. The molecule has 1 aromatic heterocycles. The monoisotopic (exact) mass is 276 g/mol. The van der Waals surface area contributed by atoms with Gasteiger partial charge in [-0.3, -0.25) is 0 Å². The van der Waals surface area contributed by atoms with E-state index in [2.05, 4.69) is 47.9 Å². The Labute approximate surface area is 123 Å². The number of hydrogen-bond donors (Lipinski definition) is 1. The maximum atomic E-state index is 4.53. The Morgan fingerprint density at radius 2 is 1.75 bits per heavy atom. The highest BCUT2D eigenvalue weighted by molar-refractivity contribution is 5.30. The quantitative estimate of drug-likeness (QED) is 0.898. The van der Waals surface area contributed by atoms with Crippen LogP contribution in [0.4, 0.5) is 5.95 Å². The van der Waals surface area contributed by atoms with Crippen LogP contribution in [0.25, 0.3) is 0 Å². The van der Waals surface area contributed by atoms with Crippen molar-refractivity contribution in [2.45, 2.75) is 53.1 Å². The van der Waals surface area contributed by atoms with Crippen molar-refractivity contribution in [3.8, 4) is 0 Å². The molecule has 0 amide bonds. The summed E-state index contributed by atoms with van der Waals surface area (Å²) in [4.78, 5) is 11.4. The van der Waals surface area contributed by atoms with Gasteiger partial charge in [-0.1, -0.05) is 27.7 Å². The van der Waals surface area contributed by atoms with Gasteiger partial charge in [0.2, 0.25) is 5.95 Å². The highest BCUT2D eigenvalue weighted by Crippen LogP contribution is 2.26. The third kappa shape index (κ3) is 4.17. The average molecular weight is 276 g/mol. The van der Waals surface area contributed by atoms with Gasteiger partial charge in [-0.15, -0.1) is 0 Å². The average Bonchev–Trinajstić information content (AvgIpc) is 2.46. The second-order valence-electron chi connectivity index (χ2n) is 6.50. The fourth-order valence-corrected chi connectivity index (χ4v) is 2.69. The van der Waals surface area contributed by atoms with Crippen LogP contribution < -0.4 is 10.2 Å². The number of nitrogens with one attached hydrogen (secondary N) is 1. The van der Waals surface area contributed by atoms with E-state index in [9.17, 15) is 0 Å². The first kappa shape index (κ1) is 15.2. The zero-order chi connectivity index (χ0) is 14.5. The molecule has 0 unspecified atom stereocenters. The summed E-state index contributed by atoms with van der Waals surface area (Å²) in [6, 6.07) is 0.490. The molecule has 0 atom stereocenters. The summed E-state index contributed by atoms with van der Waals surface area (Å²) < 4.78 is 0. The highest BCUT2D eigenvalue weighted by atomic mass is 15.2. The molecular formula is C16H28N4. The molecule has 1 aliphatic rings. The molecule has 0 aromatic carbocycles. The minimum absolute atomic E-state index is 0.490. The fourth-order valence-electron chi connectivity index (χ4n) is 2.69. The summed E-state index contributed by atoms with van der Waals surface area (Å²) >= 11 is 0. The van der Waals surface area contributed by atoms with Crippen LogP contribution in [0, 0.1) is 11.8 Å². The molecule has 0 radical (unpaired) electrons. The Morgan fingerprint density at radius 3 is 2.25 bits per heavy atom. The van der Waals surface area contributed by atoms with Gasteiger partial charge < -0.3 is 10.2 Å². The molecule has 0 aliphatic carbocycles. The lowest BCUT2D eigenvalue weighted by molar-refractivity contribution is 0.310. The number of anilines is 1. The van der Waals surface area contributed by atoms with Gasteiger partial charge >= 0.3 is 0 Å². The SMILES string of the molecule is CC(C)NCc1cnc(N2CCC(C(C)C)CC2)nc1. The Morgan fingerprint density at radius 1 is 1.15 bits per heavy atom. The van der Waals surface area contributed by atoms with Crippen LogP contribution >= 0.6 is 0 Å². The third-order valence-corrected chi connectivity index (χ3v) is 4.17. The summed E-state index contributed by atoms with van der Waals surface area (Å²) in [5.74, 6) is 2.55.